The number of halogens is 2. The van der Waals surface area contributed by atoms with Crippen LogP contribution < -0.4 is 5.73 Å². The van der Waals surface area contributed by atoms with Gasteiger partial charge in [-0.25, -0.2) is 8.78 Å². The van der Waals surface area contributed by atoms with Crippen molar-refractivity contribution >= 4 is 11.5 Å². The lowest BCUT2D eigenvalue weighted by atomic mass is 10.0. The largest absolute Gasteiger partial charge is 0.398 e. The second kappa shape index (κ2) is 4.96. The second-order valence-electron chi connectivity index (χ2n) is 3.92. The summed E-state index contributed by atoms with van der Waals surface area (Å²) in [7, 11) is 0. The van der Waals surface area contributed by atoms with Crippen LogP contribution in [0.15, 0.2) is 42.5 Å². The van der Waals surface area contributed by atoms with Crippen molar-refractivity contribution in [3.8, 4) is 0 Å². The van der Waals surface area contributed by atoms with Crippen molar-refractivity contribution in [2.45, 2.75) is 6.42 Å². The lowest BCUT2D eigenvalue weighted by Crippen LogP contribution is -2.08. The Balaban J connectivity index is 2.27. The average Bonchev–Trinajstić information content (AvgIpc) is 2.34. The minimum absolute atomic E-state index is 0.0308. The van der Waals surface area contributed by atoms with Crippen molar-refractivity contribution in [3.63, 3.8) is 0 Å². The first kappa shape index (κ1) is 12.2. The van der Waals surface area contributed by atoms with Crippen LogP contribution in [0.3, 0.4) is 0 Å². The molecule has 0 unspecified atom stereocenters. The molecule has 2 rings (SSSR count). The van der Waals surface area contributed by atoms with Gasteiger partial charge >= 0.3 is 0 Å². The van der Waals surface area contributed by atoms with E-state index in [1.165, 1.54) is 0 Å². The highest BCUT2D eigenvalue weighted by molar-refractivity contribution is 6.01. The van der Waals surface area contributed by atoms with Gasteiger partial charge in [-0.15, -0.1) is 0 Å². The molecule has 18 heavy (non-hydrogen) atoms. The van der Waals surface area contributed by atoms with Gasteiger partial charge in [-0.05, 0) is 35.9 Å². The summed E-state index contributed by atoms with van der Waals surface area (Å²) in [5.41, 5.74) is 6.34. The summed E-state index contributed by atoms with van der Waals surface area (Å²) in [5.74, 6) is -1.50. The second-order valence-corrected chi connectivity index (χ2v) is 3.92. The van der Waals surface area contributed by atoms with Crippen molar-refractivity contribution in [2.24, 2.45) is 0 Å². The van der Waals surface area contributed by atoms with Crippen LogP contribution in [0.1, 0.15) is 15.9 Å². The van der Waals surface area contributed by atoms with Gasteiger partial charge in [0, 0.05) is 17.7 Å². The number of benzene rings is 2. The Labute approximate surface area is 103 Å². The van der Waals surface area contributed by atoms with E-state index in [0.717, 1.165) is 18.2 Å². The molecule has 0 aromatic heterocycles. The van der Waals surface area contributed by atoms with Crippen molar-refractivity contribution < 1.29 is 13.6 Å². The minimum Gasteiger partial charge on any atom is -0.398 e. The lowest BCUT2D eigenvalue weighted by molar-refractivity contribution is 0.0992. The third-order valence-corrected chi connectivity index (χ3v) is 2.62. The standard InChI is InChI=1S/C14H11F2NO/c15-10-5-6-12(16)9(7-10)8-14(18)11-3-1-2-4-13(11)17/h1-7H,8,17H2. The number of rotatable bonds is 3. The van der Waals surface area contributed by atoms with E-state index in [-0.39, 0.29) is 17.8 Å². The van der Waals surface area contributed by atoms with Crippen LogP contribution >= 0.6 is 0 Å². The summed E-state index contributed by atoms with van der Waals surface area (Å²) in [6.07, 6.45) is -0.211. The number of carbonyl (C=O) groups is 1. The number of nitrogen functional groups attached to an aromatic ring is 1. The lowest BCUT2D eigenvalue weighted by Gasteiger charge is -2.05. The first-order chi connectivity index (χ1) is 8.58. The molecule has 0 spiro atoms. The molecule has 0 aliphatic carbocycles. The SMILES string of the molecule is Nc1ccccc1C(=O)Cc1cc(F)ccc1F. The summed E-state index contributed by atoms with van der Waals surface area (Å²) in [4.78, 5) is 11.9. The van der Waals surface area contributed by atoms with Crippen LogP contribution in [0.4, 0.5) is 14.5 Å². The fourth-order valence-corrected chi connectivity index (χ4v) is 1.70. The highest BCUT2D eigenvalue weighted by atomic mass is 19.1. The summed E-state index contributed by atoms with van der Waals surface area (Å²) >= 11 is 0. The summed E-state index contributed by atoms with van der Waals surface area (Å²) in [6, 6.07) is 9.57. The molecule has 0 atom stereocenters. The highest BCUT2D eigenvalue weighted by Gasteiger charge is 2.13. The van der Waals surface area contributed by atoms with Crippen LogP contribution in [-0.4, -0.2) is 5.78 Å². The Hall–Kier alpha value is -2.23. The summed E-state index contributed by atoms with van der Waals surface area (Å²) in [5, 5.41) is 0. The third-order valence-electron chi connectivity index (χ3n) is 2.62. The van der Waals surface area contributed by atoms with Gasteiger partial charge in [0.05, 0.1) is 0 Å². The molecular formula is C14H11F2NO. The number of carbonyl (C=O) groups excluding carboxylic acids is 1. The fraction of sp³-hybridized carbons (Fsp3) is 0.0714. The van der Waals surface area contributed by atoms with Gasteiger partial charge in [0.25, 0.3) is 0 Å². The van der Waals surface area contributed by atoms with Crippen LogP contribution in [0, 0.1) is 11.6 Å². The van der Waals surface area contributed by atoms with Crippen LogP contribution in [0.5, 0.6) is 0 Å². The summed E-state index contributed by atoms with van der Waals surface area (Å²) < 4.78 is 26.4. The average molecular weight is 247 g/mol. The number of hydrogen-bond acceptors (Lipinski definition) is 2. The van der Waals surface area contributed by atoms with E-state index in [0.29, 0.717) is 11.3 Å². The zero-order valence-corrected chi connectivity index (χ0v) is 9.49. The smallest absolute Gasteiger partial charge is 0.169 e. The van der Waals surface area contributed by atoms with E-state index >= 15 is 0 Å². The summed E-state index contributed by atoms with van der Waals surface area (Å²) in [6.45, 7) is 0. The molecule has 2 aromatic rings. The van der Waals surface area contributed by atoms with Gasteiger partial charge in [0.15, 0.2) is 5.78 Å². The van der Waals surface area contributed by atoms with Gasteiger partial charge in [-0.2, -0.15) is 0 Å². The van der Waals surface area contributed by atoms with E-state index in [1.807, 2.05) is 0 Å². The van der Waals surface area contributed by atoms with Crippen molar-refractivity contribution in [3.05, 3.63) is 65.2 Å². The van der Waals surface area contributed by atoms with E-state index < -0.39 is 11.6 Å². The number of anilines is 1. The number of para-hydroxylation sites is 1. The predicted molar refractivity (Wildman–Crippen MR) is 65.2 cm³/mol. The zero-order valence-electron chi connectivity index (χ0n) is 9.49. The molecule has 2 N–H and O–H groups in total. The maximum Gasteiger partial charge on any atom is 0.169 e. The monoisotopic (exact) mass is 247 g/mol. The molecule has 0 bridgehead atoms. The Morgan fingerprint density at radius 2 is 1.83 bits per heavy atom. The molecule has 0 saturated carbocycles. The highest BCUT2D eigenvalue weighted by Crippen LogP contribution is 2.16. The molecule has 0 aliphatic rings. The van der Waals surface area contributed by atoms with Gasteiger partial charge in [-0.3, -0.25) is 4.79 Å². The Kier molecular flexibility index (Phi) is 3.37. The maximum atomic E-state index is 13.4. The quantitative estimate of drug-likeness (QED) is 0.669. The van der Waals surface area contributed by atoms with Crippen LogP contribution in [0.25, 0.3) is 0 Å². The molecule has 2 nitrogen and oxygen atoms in total. The first-order valence-electron chi connectivity index (χ1n) is 5.39. The van der Waals surface area contributed by atoms with E-state index in [2.05, 4.69) is 0 Å². The number of nitrogens with two attached hydrogens (primary N) is 1. The molecular weight excluding hydrogens is 236 g/mol. The van der Waals surface area contributed by atoms with Crippen LogP contribution in [0.2, 0.25) is 0 Å². The number of Topliss-reactive ketones (excluding diaryl/α,β-unsaturated/α-hetero) is 1. The fourth-order valence-electron chi connectivity index (χ4n) is 1.70. The van der Waals surface area contributed by atoms with E-state index in [1.54, 1.807) is 24.3 Å². The maximum absolute atomic E-state index is 13.4. The van der Waals surface area contributed by atoms with Gasteiger partial charge < -0.3 is 5.73 Å². The molecule has 0 saturated heterocycles. The van der Waals surface area contributed by atoms with E-state index in [4.69, 9.17) is 5.73 Å². The molecule has 2 aromatic carbocycles. The molecule has 0 fully saturated rings. The van der Waals surface area contributed by atoms with Gasteiger partial charge in [0.2, 0.25) is 0 Å². The first-order valence-corrected chi connectivity index (χ1v) is 5.39. The van der Waals surface area contributed by atoms with Crippen molar-refractivity contribution in [1.82, 2.24) is 0 Å². The predicted octanol–water partition coefficient (Wildman–Crippen LogP) is 2.97. The van der Waals surface area contributed by atoms with Crippen LogP contribution in [-0.2, 0) is 6.42 Å². The number of hydrogen-bond donors (Lipinski definition) is 1. The number of ketones is 1. The Bertz CT molecular complexity index is 596. The molecule has 0 aliphatic heterocycles. The molecule has 0 amide bonds. The third kappa shape index (κ3) is 2.53. The van der Waals surface area contributed by atoms with Crippen molar-refractivity contribution in [2.75, 3.05) is 5.73 Å². The minimum atomic E-state index is -0.598. The molecule has 0 radical (unpaired) electrons. The Morgan fingerprint density at radius 3 is 2.56 bits per heavy atom. The zero-order chi connectivity index (χ0) is 13.1. The molecule has 92 valence electrons. The Morgan fingerprint density at radius 1 is 1.11 bits per heavy atom. The molecule has 0 heterocycles. The van der Waals surface area contributed by atoms with Gasteiger partial charge in [-0.1, -0.05) is 12.1 Å². The van der Waals surface area contributed by atoms with E-state index in [9.17, 15) is 13.6 Å². The topological polar surface area (TPSA) is 43.1 Å². The normalized spacial score (nSPS) is 10.3. The van der Waals surface area contributed by atoms with Crippen molar-refractivity contribution in [1.29, 1.82) is 0 Å². The molecule has 4 heteroatoms. The van der Waals surface area contributed by atoms with Gasteiger partial charge in [0.1, 0.15) is 11.6 Å².